The zero-order chi connectivity index (χ0) is 20.9. The first-order chi connectivity index (χ1) is 15.2. The highest BCUT2D eigenvalue weighted by Crippen LogP contribution is 2.30. The number of aromatic nitrogens is 6. The van der Waals surface area contributed by atoms with Gasteiger partial charge in [0.25, 0.3) is 0 Å². The Bertz CT molecular complexity index is 1440. The number of nitrogens with zero attached hydrogens (tertiary/aromatic N) is 5. The molecule has 1 atom stereocenters. The van der Waals surface area contributed by atoms with Crippen molar-refractivity contribution in [3.63, 3.8) is 0 Å². The van der Waals surface area contributed by atoms with Gasteiger partial charge in [-0.1, -0.05) is 18.2 Å². The molecule has 0 bridgehead atoms. The number of para-hydroxylation sites is 1. The number of nitrogens with one attached hydrogen (secondary N) is 2. The van der Waals surface area contributed by atoms with Gasteiger partial charge < -0.3 is 10.3 Å². The van der Waals surface area contributed by atoms with E-state index in [2.05, 4.69) is 77.2 Å². The number of rotatable bonds is 3. The van der Waals surface area contributed by atoms with Gasteiger partial charge in [0.15, 0.2) is 11.5 Å². The molecule has 6 rings (SSSR count). The molecular formula is C22H17FIN7. The summed E-state index contributed by atoms with van der Waals surface area (Å²) in [4.78, 5) is 16.8. The molecule has 4 heterocycles. The summed E-state index contributed by atoms with van der Waals surface area (Å²) in [6.07, 6.45) is 7.32. The standard InChI is InChI=1S/C22H17FIN7/c23-13-7-12(9-25-10-13)20-29-21-17(24)11-26-31(21)22(30-20)27-14-5-6-19-16(8-14)15-3-1-2-4-18(15)28-19/h1-4,7,9-11,14,28H,5-6,8H2,(H,27,29,30). The van der Waals surface area contributed by atoms with Crippen molar-refractivity contribution in [3.8, 4) is 11.4 Å². The maximum absolute atomic E-state index is 13.7. The Morgan fingerprint density at radius 3 is 2.97 bits per heavy atom. The van der Waals surface area contributed by atoms with Crippen molar-refractivity contribution >= 4 is 45.1 Å². The lowest BCUT2D eigenvalue weighted by Crippen LogP contribution is -2.29. The highest BCUT2D eigenvalue weighted by molar-refractivity contribution is 14.1. The van der Waals surface area contributed by atoms with E-state index in [4.69, 9.17) is 0 Å². The Morgan fingerprint density at radius 1 is 1.16 bits per heavy atom. The van der Waals surface area contributed by atoms with Gasteiger partial charge in [-0.15, -0.1) is 0 Å². The molecule has 5 aromatic rings. The van der Waals surface area contributed by atoms with Crippen LogP contribution in [-0.2, 0) is 12.8 Å². The summed E-state index contributed by atoms with van der Waals surface area (Å²) < 4.78 is 16.4. The first-order valence-electron chi connectivity index (χ1n) is 10.0. The van der Waals surface area contributed by atoms with E-state index < -0.39 is 5.82 Å². The fourth-order valence-corrected chi connectivity index (χ4v) is 4.76. The average molecular weight is 525 g/mol. The lowest BCUT2D eigenvalue weighted by atomic mass is 9.91. The summed E-state index contributed by atoms with van der Waals surface area (Å²) in [6.45, 7) is 0. The largest absolute Gasteiger partial charge is 0.358 e. The van der Waals surface area contributed by atoms with Crippen molar-refractivity contribution in [1.29, 1.82) is 0 Å². The second-order valence-corrected chi connectivity index (χ2v) is 8.86. The molecular weight excluding hydrogens is 508 g/mol. The minimum Gasteiger partial charge on any atom is -0.358 e. The number of fused-ring (bicyclic) bond motifs is 4. The second-order valence-electron chi connectivity index (χ2n) is 7.70. The van der Waals surface area contributed by atoms with Crippen LogP contribution in [0.15, 0.2) is 48.9 Å². The molecule has 154 valence electrons. The molecule has 7 nitrogen and oxygen atoms in total. The van der Waals surface area contributed by atoms with E-state index in [-0.39, 0.29) is 6.04 Å². The van der Waals surface area contributed by atoms with Gasteiger partial charge in [-0.3, -0.25) is 4.98 Å². The van der Waals surface area contributed by atoms with E-state index in [1.807, 2.05) is 0 Å². The highest BCUT2D eigenvalue weighted by atomic mass is 127. The third kappa shape index (κ3) is 3.23. The molecule has 0 saturated heterocycles. The van der Waals surface area contributed by atoms with Crippen LogP contribution in [0.3, 0.4) is 0 Å². The predicted octanol–water partition coefficient (Wildman–Crippen LogP) is 4.38. The van der Waals surface area contributed by atoms with Gasteiger partial charge in [-0.2, -0.15) is 14.6 Å². The van der Waals surface area contributed by atoms with Crippen LogP contribution < -0.4 is 5.32 Å². The van der Waals surface area contributed by atoms with Crippen molar-refractivity contribution in [2.24, 2.45) is 0 Å². The van der Waals surface area contributed by atoms with Gasteiger partial charge in [0.1, 0.15) is 5.82 Å². The molecule has 4 aromatic heterocycles. The molecule has 0 saturated carbocycles. The average Bonchev–Trinajstić information content (AvgIpc) is 3.34. The molecule has 0 aliphatic heterocycles. The fraction of sp³-hybridized carbons (Fsp3) is 0.182. The van der Waals surface area contributed by atoms with Crippen molar-refractivity contribution in [1.82, 2.24) is 29.5 Å². The van der Waals surface area contributed by atoms with E-state index in [9.17, 15) is 4.39 Å². The third-order valence-corrected chi connectivity index (χ3v) is 6.48. The molecule has 1 unspecified atom stereocenters. The number of anilines is 1. The van der Waals surface area contributed by atoms with Gasteiger partial charge in [-0.05, 0) is 59.5 Å². The van der Waals surface area contributed by atoms with Crippen LogP contribution in [0, 0.1) is 9.39 Å². The Balaban J connectivity index is 1.39. The first-order valence-corrected chi connectivity index (χ1v) is 11.1. The minimum absolute atomic E-state index is 0.199. The van der Waals surface area contributed by atoms with E-state index >= 15 is 0 Å². The van der Waals surface area contributed by atoms with E-state index in [1.54, 1.807) is 16.9 Å². The molecule has 1 aliphatic carbocycles. The van der Waals surface area contributed by atoms with Crippen molar-refractivity contribution in [3.05, 3.63) is 69.6 Å². The molecule has 0 radical (unpaired) electrons. The lowest BCUT2D eigenvalue weighted by molar-refractivity contribution is 0.599. The molecule has 2 N–H and O–H groups in total. The summed E-state index contributed by atoms with van der Waals surface area (Å²) in [5.41, 5.74) is 5.06. The second kappa shape index (κ2) is 7.26. The number of aromatic amines is 1. The SMILES string of the molecule is Fc1cncc(-c2nc(NC3CCc4[nH]c5ccccc5c4C3)n3ncc(I)c3n2)c1. The van der Waals surface area contributed by atoms with Crippen LogP contribution >= 0.6 is 22.6 Å². The Hall–Kier alpha value is -3.08. The summed E-state index contributed by atoms with van der Waals surface area (Å²) in [5.74, 6) is 0.599. The summed E-state index contributed by atoms with van der Waals surface area (Å²) in [5, 5.41) is 9.30. The van der Waals surface area contributed by atoms with Crippen molar-refractivity contribution in [2.45, 2.75) is 25.3 Å². The van der Waals surface area contributed by atoms with Crippen molar-refractivity contribution < 1.29 is 4.39 Å². The van der Waals surface area contributed by atoms with Crippen molar-refractivity contribution in [2.75, 3.05) is 5.32 Å². The maximum Gasteiger partial charge on any atom is 0.228 e. The van der Waals surface area contributed by atoms with Gasteiger partial charge in [0.05, 0.1) is 16.0 Å². The number of H-pyrrole nitrogens is 1. The van der Waals surface area contributed by atoms with Gasteiger partial charge >= 0.3 is 0 Å². The number of aryl methyl sites for hydroxylation is 1. The molecule has 9 heteroatoms. The zero-order valence-electron chi connectivity index (χ0n) is 16.3. The smallest absolute Gasteiger partial charge is 0.228 e. The quantitative estimate of drug-likeness (QED) is 0.342. The first kappa shape index (κ1) is 18.7. The van der Waals surface area contributed by atoms with Crippen LogP contribution in [0.4, 0.5) is 10.3 Å². The summed E-state index contributed by atoms with van der Waals surface area (Å²) in [6, 6.07) is 10.0. The molecule has 0 amide bonds. The Morgan fingerprint density at radius 2 is 2.06 bits per heavy atom. The van der Waals surface area contributed by atoms with E-state index in [0.29, 0.717) is 23.0 Å². The third-order valence-electron chi connectivity index (χ3n) is 5.72. The zero-order valence-corrected chi connectivity index (χ0v) is 18.5. The van der Waals surface area contributed by atoms with E-state index in [0.717, 1.165) is 22.8 Å². The number of halogens is 2. The summed E-state index contributed by atoms with van der Waals surface area (Å²) >= 11 is 2.20. The molecule has 1 aromatic carbocycles. The van der Waals surface area contributed by atoms with Gasteiger partial charge in [0.2, 0.25) is 5.95 Å². The maximum atomic E-state index is 13.7. The Labute approximate surface area is 190 Å². The van der Waals surface area contributed by atoms with Gasteiger partial charge in [0, 0.05) is 34.4 Å². The van der Waals surface area contributed by atoms with Crippen LogP contribution in [0.5, 0.6) is 0 Å². The predicted molar refractivity (Wildman–Crippen MR) is 124 cm³/mol. The normalized spacial score (nSPS) is 16.0. The van der Waals surface area contributed by atoms with Gasteiger partial charge in [-0.25, -0.2) is 9.37 Å². The Kier molecular flexibility index (Phi) is 4.37. The molecule has 0 fully saturated rings. The fourth-order valence-electron chi connectivity index (χ4n) is 4.28. The molecule has 31 heavy (non-hydrogen) atoms. The number of benzene rings is 1. The van der Waals surface area contributed by atoms with Crippen LogP contribution in [0.2, 0.25) is 0 Å². The lowest BCUT2D eigenvalue weighted by Gasteiger charge is -2.24. The number of hydrogen-bond donors (Lipinski definition) is 2. The van der Waals surface area contributed by atoms with E-state index in [1.165, 1.54) is 34.4 Å². The van der Waals surface area contributed by atoms with Crippen LogP contribution in [0.25, 0.3) is 27.9 Å². The van der Waals surface area contributed by atoms with Crippen LogP contribution in [0.1, 0.15) is 17.7 Å². The monoisotopic (exact) mass is 525 g/mol. The number of hydrogen-bond acceptors (Lipinski definition) is 5. The minimum atomic E-state index is -0.419. The summed E-state index contributed by atoms with van der Waals surface area (Å²) in [7, 11) is 0. The molecule has 1 aliphatic rings. The highest BCUT2D eigenvalue weighted by Gasteiger charge is 2.24. The number of pyridine rings is 1. The topological polar surface area (TPSA) is 83.8 Å². The van der Waals surface area contributed by atoms with Crippen LogP contribution in [-0.4, -0.2) is 35.6 Å². The molecule has 0 spiro atoms.